The zero-order valence-corrected chi connectivity index (χ0v) is 19.1. The fourth-order valence-electron chi connectivity index (χ4n) is 3.74. The third-order valence-electron chi connectivity index (χ3n) is 5.44. The van der Waals surface area contributed by atoms with Gasteiger partial charge in [-0.1, -0.05) is 13.0 Å². The topological polar surface area (TPSA) is 53.9 Å². The van der Waals surface area contributed by atoms with Crippen LogP contribution in [-0.2, 0) is 0 Å². The normalized spacial score (nSPS) is 18.1. The van der Waals surface area contributed by atoms with Crippen LogP contribution in [0.5, 0.6) is 5.75 Å². The van der Waals surface area contributed by atoms with Crippen molar-refractivity contribution in [2.24, 2.45) is 5.10 Å². The van der Waals surface area contributed by atoms with E-state index in [9.17, 15) is 4.79 Å². The number of methoxy groups -OCH3 is 1. The highest BCUT2D eigenvalue weighted by Crippen LogP contribution is 2.44. The fraction of sp³-hybridized carbons (Fsp3) is 0.364. The lowest BCUT2D eigenvalue weighted by molar-refractivity contribution is 0.0955. The van der Waals surface area contributed by atoms with Gasteiger partial charge in [0, 0.05) is 39.0 Å². The molecule has 1 aliphatic heterocycles. The van der Waals surface area contributed by atoms with E-state index in [0.717, 1.165) is 21.3 Å². The molecule has 28 heavy (non-hydrogen) atoms. The van der Waals surface area contributed by atoms with Crippen molar-refractivity contribution in [2.45, 2.75) is 38.6 Å². The molecule has 5 nitrogen and oxygen atoms in total. The van der Waals surface area contributed by atoms with E-state index in [4.69, 9.17) is 4.74 Å². The van der Waals surface area contributed by atoms with E-state index >= 15 is 0 Å². The Morgan fingerprint density at radius 1 is 1.36 bits per heavy atom. The van der Waals surface area contributed by atoms with E-state index in [-0.39, 0.29) is 11.4 Å². The molecule has 0 aromatic heterocycles. The summed E-state index contributed by atoms with van der Waals surface area (Å²) in [6.07, 6.45) is 2.72. The van der Waals surface area contributed by atoms with Crippen LogP contribution in [0.1, 0.15) is 54.6 Å². The summed E-state index contributed by atoms with van der Waals surface area (Å²) in [5.41, 5.74) is 6.58. The van der Waals surface area contributed by atoms with Crippen LogP contribution in [0.25, 0.3) is 0 Å². The lowest BCUT2D eigenvalue weighted by atomic mass is 9.80. The van der Waals surface area contributed by atoms with Gasteiger partial charge in [-0.05, 0) is 78.6 Å². The molecule has 1 aliphatic rings. The third-order valence-corrected chi connectivity index (χ3v) is 6.11. The van der Waals surface area contributed by atoms with Crippen LogP contribution < -0.4 is 15.1 Å². The number of nitrogens with one attached hydrogen (secondary N) is 1. The highest BCUT2D eigenvalue weighted by molar-refractivity contribution is 14.1. The summed E-state index contributed by atoms with van der Waals surface area (Å²) in [6, 6.07) is 11.6. The van der Waals surface area contributed by atoms with Gasteiger partial charge in [0.2, 0.25) is 0 Å². The van der Waals surface area contributed by atoms with Crippen LogP contribution >= 0.6 is 22.6 Å². The van der Waals surface area contributed by atoms with Crippen LogP contribution in [0.4, 0.5) is 5.69 Å². The molecule has 1 unspecified atom stereocenters. The maximum Gasteiger partial charge on any atom is 0.271 e. The molecule has 6 heteroatoms. The number of rotatable bonds is 4. The van der Waals surface area contributed by atoms with Gasteiger partial charge in [-0.25, -0.2) is 5.43 Å². The Labute approximate surface area is 180 Å². The van der Waals surface area contributed by atoms with E-state index in [1.807, 2.05) is 18.2 Å². The molecule has 0 fully saturated rings. The summed E-state index contributed by atoms with van der Waals surface area (Å²) in [7, 11) is 3.78. The van der Waals surface area contributed by atoms with E-state index in [2.05, 4.69) is 78.0 Å². The predicted molar refractivity (Wildman–Crippen MR) is 123 cm³/mol. The lowest BCUT2D eigenvalue weighted by Crippen LogP contribution is -2.45. The zero-order valence-electron chi connectivity index (χ0n) is 16.9. The Hall–Kier alpha value is -2.09. The van der Waals surface area contributed by atoms with Gasteiger partial charge in [-0.2, -0.15) is 5.10 Å². The van der Waals surface area contributed by atoms with Gasteiger partial charge in [0.25, 0.3) is 5.91 Å². The summed E-state index contributed by atoms with van der Waals surface area (Å²) < 4.78 is 6.60. The number of carbonyl (C=O) groups is 1. The molecule has 3 rings (SSSR count). The van der Waals surface area contributed by atoms with Crippen molar-refractivity contribution in [3.8, 4) is 5.75 Å². The standard InChI is InChI=1S/C22H26IN3O2/c1-14-12-22(2,3)26(4)19-11-20(28-5)16(10-18(14)19)13-24-25-21(27)15-7-6-8-17(23)9-15/h6-11,13-14H,12H2,1-5H3,(H,25,27)/b24-13-. The highest BCUT2D eigenvalue weighted by Gasteiger charge is 2.34. The maximum atomic E-state index is 12.3. The second kappa shape index (κ2) is 8.11. The Balaban J connectivity index is 1.85. The molecule has 1 amide bonds. The van der Waals surface area contributed by atoms with E-state index in [1.165, 1.54) is 11.3 Å². The quantitative estimate of drug-likeness (QED) is 0.381. The molecule has 0 saturated carbocycles. The number of carbonyl (C=O) groups excluding carboxylic acids is 1. The Morgan fingerprint density at radius 2 is 2.11 bits per heavy atom. The van der Waals surface area contributed by atoms with Gasteiger partial charge in [0.1, 0.15) is 5.75 Å². The Bertz CT molecular complexity index is 924. The van der Waals surface area contributed by atoms with Crippen molar-refractivity contribution >= 4 is 40.4 Å². The molecule has 0 bridgehead atoms. The monoisotopic (exact) mass is 491 g/mol. The fourth-order valence-corrected chi connectivity index (χ4v) is 4.29. The van der Waals surface area contributed by atoms with Crippen LogP contribution in [0.2, 0.25) is 0 Å². The number of hydrogen-bond donors (Lipinski definition) is 1. The number of fused-ring (bicyclic) bond motifs is 1. The molecule has 1 N–H and O–H groups in total. The summed E-state index contributed by atoms with van der Waals surface area (Å²) in [5, 5.41) is 4.16. The number of ether oxygens (including phenoxy) is 1. The molecule has 0 saturated heterocycles. The molecule has 0 radical (unpaired) electrons. The first-order valence-electron chi connectivity index (χ1n) is 9.27. The van der Waals surface area contributed by atoms with Gasteiger partial charge in [-0.3, -0.25) is 4.79 Å². The van der Waals surface area contributed by atoms with Crippen LogP contribution in [0, 0.1) is 3.57 Å². The van der Waals surface area contributed by atoms with E-state index in [1.54, 1.807) is 19.4 Å². The Kier molecular flexibility index (Phi) is 5.98. The molecule has 2 aromatic carbocycles. The van der Waals surface area contributed by atoms with Crippen LogP contribution in [-0.4, -0.2) is 31.8 Å². The number of hydrazone groups is 1. The molecular formula is C22H26IN3O2. The molecule has 1 atom stereocenters. The van der Waals surface area contributed by atoms with Gasteiger partial charge >= 0.3 is 0 Å². The van der Waals surface area contributed by atoms with Gasteiger partial charge in [0.15, 0.2) is 0 Å². The summed E-state index contributed by atoms with van der Waals surface area (Å²) >= 11 is 2.18. The number of nitrogens with zero attached hydrogens (tertiary/aromatic N) is 2. The van der Waals surface area contributed by atoms with Crippen molar-refractivity contribution in [3.63, 3.8) is 0 Å². The largest absolute Gasteiger partial charge is 0.496 e. The van der Waals surface area contributed by atoms with Gasteiger partial charge in [-0.15, -0.1) is 0 Å². The summed E-state index contributed by atoms with van der Waals surface area (Å²) in [5.74, 6) is 0.935. The predicted octanol–water partition coefficient (Wildman–Crippen LogP) is 4.79. The third kappa shape index (κ3) is 4.16. The first-order valence-corrected chi connectivity index (χ1v) is 10.4. The van der Waals surface area contributed by atoms with Crippen LogP contribution in [0.3, 0.4) is 0 Å². The number of anilines is 1. The van der Waals surface area contributed by atoms with E-state index in [0.29, 0.717) is 11.5 Å². The summed E-state index contributed by atoms with van der Waals surface area (Å²) in [4.78, 5) is 14.6. The SMILES string of the molecule is COc1cc2c(cc1/C=N\NC(=O)c1cccc(I)c1)C(C)CC(C)(C)N2C. The van der Waals surface area contributed by atoms with Gasteiger partial charge < -0.3 is 9.64 Å². The number of benzene rings is 2. The molecular weight excluding hydrogens is 465 g/mol. The molecule has 0 aliphatic carbocycles. The van der Waals surface area contributed by atoms with Crippen molar-refractivity contribution in [1.29, 1.82) is 0 Å². The first-order chi connectivity index (χ1) is 13.2. The Morgan fingerprint density at radius 3 is 2.79 bits per heavy atom. The van der Waals surface area contributed by atoms with E-state index < -0.39 is 0 Å². The number of amides is 1. The first kappa shape index (κ1) is 20.6. The zero-order chi connectivity index (χ0) is 20.5. The van der Waals surface area contributed by atoms with Crippen molar-refractivity contribution in [3.05, 3.63) is 56.7 Å². The molecule has 1 heterocycles. The van der Waals surface area contributed by atoms with Crippen molar-refractivity contribution in [1.82, 2.24) is 5.43 Å². The van der Waals surface area contributed by atoms with Crippen LogP contribution in [0.15, 0.2) is 41.5 Å². The molecule has 148 valence electrons. The smallest absolute Gasteiger partial charge is 0.271 e. The average molecular weight is 491 g/mol. The lowest BCUT2D eigenvalue weighted by Gasteiger charge is -2.45. The minimum absolute atomic E-state index is 0.0915. The maximum absolute atomic E-state index is 12.3. The van der Waals surface area contributed by atoms with Gasteiger partial charge in [0.05, 0.1) is 13.3 Å². The average Bonchev–Trinajstić information content (AvgIpc) is 2.65. The summed E-state index contributed by atoms with van der Waals surface area (Å²) in [6.45, 7) is 6.77. The van der Waals surface area contributed by atoms with Crippen molar-refractivity contribution < 1.29 is 9.53 Å². The minimum Gasteiger partial charge on any atom is -0.496 e. The van der Waals surface area contributed by atoms with Crippen molar-refractivity contribution in [2.75, 3.05) is 19.1 Å². The molecule has 2 aromatic rings. The molecule has 0 spiro atoms. The minimum atomic E-state index is -0.235. The number of halogens is 1. The number of hydrogen-bond acceptors (Lipinski definition) is 4. The second-order valence-corrected chi connectivity index (χ2v) is 9.08. The highest BCUT2D eigenvalue weighted by atomic mass is 127. The second-order valence-electron chi connectivity index (χ2n) is 7.84.